The summed E-state index contributed by atoms with van der Waals surface area (Å²) < 4.78 is 7.06. The number of fused-ring (bicyclic) bond motifs is 1. The molecule has 3 aromatic rings. The molecule has 2 aromatic heterocycles. The van der Waals surface area contributed by atoms with Crippen LogP contribution in [0.2, 0.25) is 0 Å². The fourth-order valence-electron chi connectivity index (χ4n) is 1.42. The molecular formula is C10H8N6O. The van der Waals surface area contributed by atoms with Crippen LogP contribution in [0.3, 0.4) is 0 Å². The minimum Gasteiger partial charge on any atom is -0.437 e. The summed E-state index contributed by atoms with van der Waals surface area (Å²) in [7, 11) is 0. The second kappa shape index (κ2) is 3.71. The SMILES string of the molecule is Nc1cccc(Oc2cncc3nnnn23)c1. The number of hydrogen-bond acceptors (Lipinski definition) is 6. The molecule has 3 rings (SSSR count). The van der Waals surface area contributed by atoms with Gasteiger partial charge in [-0.15, -0.1) is 5.10 Å². The number of nitrogens with zero attached hydrogens (tertiary/aromatic N) is 5. The lowest BCUT2D eigenvalue weighted by Gasteiger charge is -2.05. The number of aromatic nitrogens is 5. The van der Waals surface area contributed by atoms with E-state index in [-0.39, 0.29) is 0 Å². The van der Waals surface area contributed by atoms with E-state index in [1.807, 2.05) is 0 Å². The van der Waals surface area contributed by atoms with E-state index in [1.165, 1.54) is 10.7 Å². The number of benzene rings is 1. The minimum atomic E-state index is 0.429. The van der Waals surface area contributed by atoms with Crippen molar-refractivity contribution in [2.45, 2.75) is 0 Å². The molecule has 0 aliphatic carbocycles. The highest BCUT2D eigenvalue weighted by atomic mass is 16.5. The van der Waals surface area contributed by atoms with Crippen LogP contribution in [0.4, 0.5) is 5.69 Å². The van der Waals surface area contributed by atoms with Gasteiger partial charge in [-0.2, -0.15) is 4.52 Å². The van der Waals surface area contributed by atoms with Crippen LogP contribution in [0, 0.1) is 0 Å². The molecule has 7 nitrogen and oxygen atoms in total. The Hall–Kier alpha value is -2.70. The zero-order valence-corrected chi connectivity index (χ0v) is 8.69. The molecule has 0 saturated heterocycles. The average Bonchev–Trinajstić information content (AvgIpc) is 2.78. The van der Waals surface area contributed by atoms with Gasteiger partial charge in [-0.3, -0.25) is 4.98 Å². The van der Waals surface area contributed by atoms with E-state index >= 15 is 0 Å². The number of nitrogen functional groups attached to an aromatic ring is 1. The molecule has 1 aromatic carbocycles. The zero-order chi connectivity index (χ0) is 11.7. The van der Waals surface area contributed by atoms with Crippen molar-refractivity contribution in [3.8, 4) is 11.6 Å². The van der Waals surface area contributed by atoms with Gasteiger partial charge in [0.15, 0.2) is 0 Å². The van der Waals surface area contributed by atoms with E-state index in [1.54, 1.807) is 30.5 Å². The second-order valence-corrected chi connectivity index (χ2v) is 3.37. The van der Waals surface area contributed by atoms with Gasteiger partial charge < -0.3 is 10.5 Å². The molecule has 0 aliphatic rings. The summed E-state index contributed by atoms with van der Waals surface area (Å²) in [5.41, 5.74) is 6.81. The topological polar surface area (TPSA) is 91.2 Å². The summed E-state index contributed by atoms with van der Waals surface area (Å²) in [5.74, 6) is 1.04. The van der Waals surface area contributed by atoms with E-state index in [2.05, 4.69) is 20.5 Å². The van der Waals surface area contributed by atoms with Crippen LogP contribution < -0.4 is 10.5 Å². The Balaban J connectivity index is 2.02. The summed E-state index contributed by atoms with van der Waals surface area (Å²) in [5, 5.41) is 11.1. The van der Waals surface area contributed by atoms with E-state index in [0.717, 1.165) is 0 Å². The van der Waals surface area contributed by atoms with Gasteiger partial charge >= 0.3 is 0 Å². The van der Waals surface area contributed by atoms with Crippen molar-refractivity contribution in [2.75, 3.05) is 5.73 Å². The third-order valence-electron chi connectivity index (χ3n) is 2.16. The van der Waals surface area contributed by atoms with Crippen molar-refractivity contribution >= 4 is 11.3 Å². The molecule has 0 amide bonds. The fraction of sp³-hybridized carbons (Fsp3) is 0. The predicted molar refractivity (Wildman–Crippen MR) is 59.5 cm³/mol. The lowest BCUT2D eigenvalue weighted by molar-refractivity contribution is 0.442. The molecule has 2 N–H and O–H groups in total. The minimum absolute atomic E-state index is 0.429. The lowest BCUT2D eigenvalue weighted by Crippen LogP contribution is -1.97. The second-order valence-electron chi connectivity index (χ2n) is 3.37. The maximum Gasteiger partial charge on any atom is 0.242 e. The lowest BCUT2D eigenvalue weighted by atomic mass is 10.3. The highest BCUT2D eigenvalue weighted by molar-refractivity contribution is 5.45. The summed E-state index contributed by atoms with van der Waals surface area (Å²) in [6, 6.07) is 7.09. The third kappa shape index (κ3) is 1.73. The average molecular weight is 228 g/mol. The largest absolute Gasteiger partial charge is 0.437 e. The van der Waals surface area contributed by atoms with E-state index in [4.69, 9.17) is 10.5 Å². The molecule has 0 aliphatic heterocycles. The molecule has 0 spiro atoms. The van der Waals surface area contributed by atoms with E-state index in [9.17, 15) is 0 Å². The Morgan fingerprint density at radius 3 is 3.06 bits per heavy atom. The van der Waals surface area contributed by atoms with Crippen molar-refractivity contribution in [1.29, 1.82) is 0 Å². The van der Waals surface area contributed by atoms with Crippen LogP contribution in [0.5, 0.6) is 11.6 Å². The Bertz CT molecular complexity index is 664. The summed E-state index contributed by atoms with van der Waals surface area (Å²) in [6.45, 7) is 0. The van der Waals surface area contributed by atoms with Crippen LogP contribution in [0.1, 0.15) is 0 Å². The molecule has 0 atom stereocenters. The molecule has 0 fully saturated rings. The van der Waals surface area contributed by atoms with Gasteiger partial charge in [0.25, 0.3) is 0 Å². The Morgan fingerprint density at radius 2 is 2.18 bits per heavy atom. The highest BCUT2D eigenvalue weighted by Crippen LogP contribution is 2.21. The molecule has 0 unspecified atom stereocenters. The first-order valence-corrected chi connectivity index (χ1v) is 4.88. The van der Waals surface area contributed by atoms with Crippen molar-refractivity contribution in [2.24, 2.45) is 0 Å². The maximum absolute atomic E-state index is 5.66. The molecule has 0 radical (unpaired) electrons. The van der Waals surface area contributed by atoms with Crippen LogP contribution in [0.15, 0.2) is 36.7 Å². The van der Waals surface area contributed by atoms with E-state index < -0.39 is 0 Å². The summed E-state index contributed by atoms with van der Waals surface area (Å²) in [4.78, 5) is 3.98. The van der Waals surface area contributed by atoms with Crippen molar-refractivity contribution in [3.63, 3.8) is 0 Å². The summed E-state index contributed by atoms with van der Waals surface area (Å²) in [6.07, 6.45) is 3.08. The standard InChI is InChI=1S/C10H8N6O/c11-7-2-1-3-8(4-7)17-10-6-12-5-9-13-14-15-16(9)10/h1-6H,11H2. The first-order valence-electron chi connectivity index (χ1n) is 4.88. The van der Waals surface area contributed by atoms with Gasteiger partial charge in [0.2, 0.25) is 11.5 Å². The van der Waals surface area contributed by atoms with Gasteiger partial charge in [0, 0.05) is 11.8 Å². The zero-order valence-electron chi connectivity index (χ0n) is 8.69. The number of nitrogens with two attached hydrogens (primary N) is 1. The molecule has 7 heteroatoms. The maximum atomic E-state index is 5.66. The molecule has 0 saturated carbocycles. The van der Waals surface area contributed by atoms with Gasteiger partial charge in [0.1, 0.15) is 5.75 Å². The van der Waals surface area contributed by atoms with Crippen LogP contribution in [-0.2, 0) is 0 Å². The fourth-order valence-corrected chi connectivity index (χ4v) is 1.42. The quantitative estimate of drug-likeness (QED) is 0.655. The van der Waals surface area contributed by atoms with Crippen LogP contribution in [-0.4, -0.2) is 25.0 Å². The molecule has 17 heavy (non-hydrogen) atoms. The van der Waals surface area contributed by atoms with Gasteiger partial charge in [0.05, 0.1) is 12.4 Å². The normalized spacial score (nSPS) is 10.6. The molecule has 2 heterocycles. The number of hydrogen-bond donors (Lipinski definition) is 1. The smallest absolute Gasteiger partial charge is 0.242 e. The Labute approximate surface area is 95.8 Å². The number of ether oxygens (including phenoxy) is 1. The van der Waals surface area contributed by atoms with Crippen molar-refractivity contribution in [1.82, 2.24) is 25.0 Å². The predicted octanol–water partition coefficient (Wildman–Crippen LogP) is 0.894. The number of anilines is 1. The first kappa shape index (κ1) is 9.52. The van der Waals surface area contributed by atoms with Crippen molar-refractivity contribution in [3.05, 3.63) is 36.7 Å². The Kier molecular flexibility index (Phi) is 2.08. The number of rotatable bonds is 2. The highest BCUT2D eigenvalue weighted by Gasteiger charge is 2.06. The van der Waals surface area contributed by atoms with Gasteiger partial charge in [-0.05, 0) is 22.6 Å². The molecule has 0 bridgehead atoms. The van der Waals surface area contributed by atoms with Crippen molar-refractivity contribution < 1.29 is 4.74 Å². The van der Waals surface area contributed by atoms with Crippen LogP contribution in [0.25, 0.3) is 5.65 Å². The third-order valence-corrected chi connectivity index (χ3v) is 2.16. The Morgan fingerprint density at radius 1 is 1.24 bits per heavy atom. The van der Waals surface area contributed by atoms with E-state index in [0.29, 0.717) is 23.0 Å². The van der Waals surface area contributed by atoms with Gasteiger partial charge in [-0.1, -0.05) is 6.07 Å². The monoisotopic (exact) mass is 228 g/mol. The molecular weight excluding hydrogens is 220 g/mol. The van der Waals surface area contributed by atoms with Crippen LogP contribution >= 0.6 is 0 Å². The number of tetrazole rings is 1. The van der Waals surface area contributed by atoms with Gasteiger partial charge in [-0.25, -0.2) is 0 Å². The summed E-state index contributed by atoms with van der Waals surface area (Å²) >= 11 is 0. The molecule has 84 valence electrons. The first-order chi connectivity index (χ1) is 8.33.